The number of piperidine rings is 1. The summed E-state index contributed by atoms with van der Waals surface area (Å²) in [5.41, 5.74) is 7.68. The first-order valence-corrected chi connectivity index (χ1v) is 16.3. The Hall–Kier alpha value is -4.56. The van der Waals surface area contributed by atoms with E-state index in [2.05, 4.69) is 20.4 Å². The largest absolute Gasteiger partial charge is 0.489 e. The summed E-state index contributed by atoms with van der Waals surface area (Å²) in [4.78, 5) is 21.7. The van der Waals surface area contributed by atoms with Crippen molar-refractivity contribution in [3.8, 4) is 28.4 Å². The van der Waals surface area contributed by atoms with Gasteiger partial charge in [-0.15, -0.1) is 0 Å². The number of alkyl halides is 3. The molecule has 0 unspecified atom stereocenters. The molecule has 2 saturated heterocycles. The number of aliphatic carboxylic acids is 1. The van der Waals surface area contributed by atoms with Gasteiger partial charge in [0.2, 0.25) is 17.9 Å². The first-order chi connectivity index (χ1) is 23.2. The van der Waals surface area contributed by atoms with Crippen molar-refractivity contribution in [2.45, 2.75) is 64.5 Å². The van der Waals surface area contributed by atoms with Crippen molar-refractivity contribution in [2.75, 3.05) is 30.3 Å². The van der Waals surface area contributed by atoms with Crippen LogP contribution in [0, 0.1) is 12.3 Å². The zero-order valence-electron chi connectivity index (χ0n) is 27.2. The van der Waals surface area contributed by atoms with Gasteiger partial charge in [-0.3, -0.25) is 4.79 Å². The van der Waals surface area contributed by atoms with E-state index in [0.717, 1.165) is 0 Å². The predicted molar refractivity (Wildman–Crippen MR) is 178 cm³/mol. The van der Waals surface area contributed by atoms with Gasteiger partial charge in [0.1, 0.15) is 17.6 Å². The molecule has 4 aromatic rings. The second-order valence-corrected chi connectivity index (χ2v) is 13.3. The molecular formula is C34H37ClF3N7O4. The van der Waals surface area contributed by atoms with Gasteiger partial charge in [0.15, 0.2) is 0 Å². The molecule has 4 N–H and O–H groups in total. The molecule has 2 fully saturated rings. The number of carboxylic acid groups (broad SMARTS) is 1. The number of carboxylic acids is 1. The quantitative estimate of drug-likeness (QED) is 0.180. The van der Waals surface area contributed by atoms with E-state index < -0.39 is 24.3 Å². The van der Waals surface area contributed by atoms with Crippen molar-refractivity contribution in [3.05, 3.63) is 71.0 Å². The summed E-state index contributed by atoms with van der Waals surface area (Å²) in [5, 5.41) is 17.3. The number of nitrogens with two attached hydrogens (primary N) is 1. The van der Waals surface area contributed by atoms with Gasteiger partial charge in [-0.25, -0.2) is 4.68 Å². The second-order valence-electron chi connectivity index (χ2n) is 12.9. The van der Waals surface area contributed by atoms with Gasteiger partial charge in [-0.2, -0.15) is 28.2 Å². The maximum absolute atomic E-state index is 14.9. The van der Waals surface area contributed by atoms with Crippen LogP contribution in [-0.4, -0.2) is 68.8 Å². The van der Waals surface area contributed by atoms with E-state index in [4.69, 9.17) is 26.8 Å². The van der Waals surface area contributed by atoms with Crippen LogP contribution in [0.4, 0.5) is 24.9 Å². The molecule has 0 bridgehead atoms. The number of hydrogen-bond acceptors (Lipinski definition) is 9. The monoisotopic (exact) mass is 699 g/mol. The number of rotatable bonds is 9. The molecule has 6 rings (SSSR count). The zero-order chi connectivity index (χ0) is 35.1. The highest BCUT2D eigenvalue weighted by molar-refractivity contribution is 6.32. The Kier molecular flexibility index (Phi) is 9.38. The lowest BCUT2D eigenvalue weighted by molar-refractivity contribution is -0.198. The summed E-state index contributed by atoms with van der Waals surface area (Å²) in [7, 11) is 0. The average molecular weight is 700 g/mol. The van der Waals surface area contributed by atoms with Crippen LogP contribution in [0.25, 0.3) is 16.8 Å². The summed E-state index contributed by atoms with van der Waals surface area (Å²) < 4.78 is 57.5. The fourth-order valence-corrected chi connectivity index (χ4v) is 6.71. The number of nitrogen functional groups attached to an aromatic ring is 1. The Morgan fingerprint density at radius 1 is 1.08 bits per heavy atom. The third-order valence-electron chi connectivity index (χ3n) is 8.96. The van der Waals surface area contributed by atoms with Crippen LogP contribution in [0.15, 0.2) is 54.7 Å². The van der Waals surface area contributed by atoms with Crippen LogP contribution in [0.2, 0.25) is 5.02 Å². The highest BCUT2D eigenvalue weighted by Crippen LogP contribution is 2.43. The number of nitrogens with zero attached hydrogens (tertiary/aromatic N) is 5. The van der Waals surface area contributed by atoms with Crippen LogP contribution in [0.1, 0.15) is 50.5 Å². The number of hydrogen-bond donors (Lipinski definition) is 3. The van der Waals surface area contributed by atoms with Crippen LogP contribution in [-0.2, 0) is 4.79 Å². The summed E-state index contributed by atoms with van der Waals surface area (Å²) in [6.07, 6.45) is -3.90. The van der Waals surface area contributed by atoms with Gasteiger partial charge < -0.3 is 30.5 Å². The molecule has 15 heteroatoms. The number of aromatic nitrogens is 4. The van der Waals surface area contributed by atoms with Crippen molar-refractivity contribution in [1.29, 1.82) is 0 Å². The van der Waals surface area contributed by atoms with Gasteiger partial charge in [-0.1, -0.05) is 29.8 Å². The minimum absolute atomic E-state index is 0.0899. The minimum Gasteiger partial charge on any atom is -0.489 e. The number of aryl methyl sites for hydroxylation is 1. The summed E-state index contributed by atoms with van der Waals surface area (Å²) >= 11 is 6.48. The summed E-state index contributed by atoms with van der Waals surface area (Å²) in [6.45, 7) is 7.14. The molecule has 11 nitrogen and oxygen atoms in total. The maximum Gasteiger partial charge on any atom is 0.429 e. The Morgan fingerprint density at radius 2 is 1.80 bits per heavy atom. The second kappa shape index (κ2) is 13.4. The third kappa shape index (κ3) is 7.54. The Labute approximate surface area is 286 Å². The molecule has 0 saturated carbocycles. The SMILES string of the molecule is Cc1ccn(-c2cc(-c3ccc(OC(C)C)c(Cl)c3)ccc2[C@@H](Oc2cc(N3CCC4(CC3)CN[C@H](C(=O)O)C4)nc(N)n2)C(F)(F)F)n1. The number of halogens is 4. The number of carbonyl (C=O) groups is 1. The van der Waals surface area contributed by atoms with Crippen LogP contribution in [0.5, 0.6) is 11.6 Å². The smallest absolute Gasteiger partial charge is 0.429 e. The van der Waals surface area contributed by atoms with E-state index in [-0.39, 0.29) is 34.6 Å². The summed E-state index contributed by atoms with van der Waals surface area (Å²) in [6, 6.07) is 12.2. The molecule has 4 heterocycles. The molecule has 0 aliphatic carbocycles. The number of benzene rings is 2. The van der Waals surface area contributed by atoms with E-state index in [1.54, 1.807) is 49.5 Å². The molecule has 2 aromatic carbocycles. The molecule has 2 atom stereocenters. The van der Waals surface area contributed by atoms with Gasteiger partial charge in [0.25, 0.3) is 0 Å². The van der Waals surface area contributed by atoms with E-state index in [0.29, 0.717) is 72.3 Å². The van der Waals surface area contributed by atoms with E-state index in [1.165, 1.54) is 16.8 Å². The van der Waals surface area contributed by atoms with Crippen LogP contribution < -0.4 is 25.4 Å². The predicted octanol–water partition coefficient (Wildman–Crippen LogP) is 6.38. The van der Waals surface area contributed by atoms with Crippen LogP contribution >= 0.6 is 11.6 Å². The number of nitrogens with one attached hydrogen (secondary N) is 1. The lowest BCUT2D eigenvalue weighted by Gasteiger charge is -2.39. The van der Waals surface area contributed by atoms with E-state index in [9.17, 15) is 23.1 Å². The normalized spacial score (nSPS) is 18.2. The lowest BCUT2D eigenvalue weighted by atomic mass is 9.76. The van der Waals surface area contributed by atoms with Crippen molar-refractivity contribution < 1.29 is 32.5 Å². The molecular weight excluding hydrogens is 663 g/mol. The first kappa shape index (κ1) is 34.3. The van der Waals surface area contributed by atoms with Crippen molar-refractivity contribution in [2.24, 2.45) is 5.41 Å². The highest BCUT2D eigenvalue weighted by atomic mass is 35.5. The first-order valence-electron chi connectivity index (χ1n) is 15.9. The van der Waals surface area contributed by atoms with Crippen molar-refractivity contribution >= 4 is 29.3 Å². The van der Waals surface area contributed by atoms with Gasteiger partial charge in [0, 0.05) is 37.5 Å². The molecule has 49 heavy (non-hydrogen) atoms. The van der Waals surface area contributed by atoms with Gasteiger partial charge >= 0.3 is 12.1 Å². The number of ether oxygens (including phenoxy) is 2. The van der Waals surface area contributed by atoms with Crippen LogP contribution in [0.3, 0.4) is 0 Å². The molecule has 0 radical (unpaired) electrons. The molecule has 2 aliphatic rings. The topological polar surface area (TPSA) is 141 Å². The Balaban J connectivity index is 1.30. The standard InChI is InChI=1S/C34H37ClF3N7O4/c1-19(2)48-27-7-5-21(14-24(27)35)22-4-6-23(26(15-22)45-11-8-20(3)43-45)30(34(36,37)38)49-29-16-28(41-32(39)42-29)44-12-9-33(10-13-44)17-25(31(46)47)40-18-33/h4-8,11,14-16,19,25,30,40H,9-10,12-13,17-18H2,1-3H3,(H,46,47)(H2,39,41,42)/t25-,30+/m0/s1. The zero-order valence-corrected chi connectivity index (χ0v) is 27.9. The van der Waals surface area contributed by atoms with E-state index in [1.807, 2.05) is 18.7 Å². The lowest BCUT2D eigenvalue weighted by Crippen LogP contribution is -2.41. The maximum atomic E-state index is 14.9. The molecule has 260 valence electrons. The van der Waals surface area contributed by atoms with Crippen molar-refractivity contribution in [1.82, 2.24) is 25.1 Å². The molecule has 2 aromatic heterocycles. The van der Waals surface area contributed by atoms with Gasteiger partial charge in [-0.05, 0) is 80.8 Å². The van der Waals surface area contributed by atoms with E-state index >= 15 is 0 Å². The molecule has 0 amide bonds. The Bertz CT molecular complexity index is 1840. The highest BCUT2D eigenvalue weighted by Gasteiger charge is 2.46. The third-order valence-corrected chi connectivity index (χ3v) is 9.25. The molecule has 1 spiro atoms. The fourth-order valence-electron chi connectivity index (χ4n) is 6.49. The molecule has 2 aliphatic heterocycles. The van der Waals surface area contributed by atoms with Crippen molar-refractivity contribution in [3.63, 3.8) is 0 Å². The number of anilines is 2. The minimum atomic E-state index is -4.86. The summed E-state index contributed by atoms with van der Waals surface area (Å²) in [5.74, 6) is -0.612. The van der Waals surface area contributed by atoms with Gasteiger partial charge in [0.05, 0.1) is 22.5 Å². The average Bonchev–Trinajstić information content (AvgIpc) is 3.66. The fraction of sp³-hybridized carbons (Fsp3) is 0.412. The Morgan fingerprint density at radius 3 is 2.41 bits per heavy atom.